The Kier molecular flexibility index (Phi) is 9.85. The van der Waals surface area contributed by atoms with Crippen molar-refractivity contribution in [1.29, 1.82) is 0 Å². The average Bonchev–Trinajstić information content (AvgIpc) is 3.47. The summed E-state index contributed by atoms with van der Waals surface area (Å²) in [4.78, 5) is 16.5. The molecule has 0 bridgehead atoms. The number of benzene rings is 1. The van der Waals surface area contributed by atoms with Crippen LogP contribution in [0.15, 0.2) is 42.5 Å². The van der Waals surface area contributed by atoms with E-state index in [0.29, 0.717) is 64.2 Å². The third kappa shape index (κ3) is 6.10. The van der Waals surface area contributed by atoms with Crippen molar-refractivity contribution in [3.63, 3.8) is 0 Å². The first-order chi connectivity index (χ1) is 24.4. The van der Waals surface area contributed by atoms with E-state index in [1.165, 1.54) is 74.5 Å². The Morgan fingerprint density at radius 2 is 1.60 bits per heavy atom. The van der Waals surface area contributed by atoms with E-state index in [1.807, 2.05) is 12.1 Å². The van der Waals surface area contributed by atoms with Crippen LogP contribution in [0.2, 0.25) is 0 Å². The van der Waals surface area contributed by atoms with E-state index < -0.39 is 15.8 Å². The molecule has 288 valence electrons. The number of allylic oxidation sites excluding steroid dienone is 3. The Morgan fingerprint density at radius 3 is 2.25 bits per heavy atom. The van der Waals surface area contributed by atoms with Crippen molar-refractivity contribution in [2.75, 3.05) is 51.3 Å². The molecule has 0 radical (unpaired) electrons. The maximum Gasteiger partial charge on any atom is 0.335 e. The first-order valence-electron chi connectivity index (χ1n) is 20.7. The van der Waals surface area contributed by atoms with Crippen molar-refractivity contribution in [1.82, 2.24) is 9.80 Å². The Hall–Kier alpha value is -1.96. The molecule has 5 aliphatic carbocycles. The van der Waals surface area contributed by atoms with Crippen molar-refractivity contribution < 1.29 is 18.3 Å². The van der Waals surface area contributed by atoms with Gasteiger partial charge in [0, 0.05) is 26.2 Å². The molecule has 7 heteroatoms. The number of fused-ring (bicyclic) bond motifs is 7. The summed E-state index contributed by atoms with van der Waals surface area (Å²) in [6, 6.07) is 7.62. The van der Waals surface area contributed by atoms with Crippen LogP contribution < -0.4 is 0 Å². The fourth-order valence-electron chi connectivity index (χ4n) is 14.4. The van der Waals surface area contributed by atoms with Gasteiger partial charge >= 0.3 is 5.97 Å². The van der Waals surface area contributed by atoms with Crippen molar-refractivity contribution in [2.45, 2.75) is 106 Å². The quantitative estimate of drug-likeness (QED) is 0.256. The standard InChI is InChI=1S/C45H68N2O4S/c1-31(2)34-15-20-45(23-24-46(8)25-26-47-27-29-52(50,51)30-28-47)22-21-43(6)36(39(34)45)13-14-38-42(5)18-16-35(32-9-11-33(12-10-32)40(48)49)41(3,4)37(42)17-19-44(38,43)7/h9-12,16,34,36-39H,1,13-15,17-30H2,2-8H3,(H,48,49)/t34-,36+,37?,38?,39?,42-,43+,44+,45+/m0/s1. The summed E-state index contributed by atoms with van der Waals surface area (Å²) >= 11 is 0. The van der Waals surface area contributed by atoms with Crippen molar-refractivity contribution in [3.05, 3.63) is 53.6 Å². The molecule has 1 aromatic carbocycles. The molecule has 1 heterocycles. The predicted octanol–water partition coefficient (Wildman–Crippen LogP) is 9.09. The number of hydrogen-bond donors (Lipinski definition) is 1. The molecule has 5 fully saturated rings. The molecule has 52 heavy (non-hydrogen) atoms. The van der Waals surface area contributed by atoms with Gasteiger partial charge in [-0.1, -0.05) is 65.0 Å². The number of aromatic carboxylic acids is 1. The SMILES string of the molecule is C=C(C)[C@@H]1CC[C@]2(CCN(C)CCN3CCS(=O)(=O)CC3)CC[C@]3(C)[C@H](CCC4[C@@]5(C)CC=C(c6ccc(C(=O)O)cc6)C(C)(C)C5CC[C@]43C)C12. The lowest BCUT2D eigenvalue weighted by Gasteiger charge is -2.72. The summed E-state index contributed by atoms with van der Waals surface area (Å²) in [5, 5.41) is 9.51. The molecule has 4 saturated carbocycles. The van der Waals surface area contributed by atoms with E-state index in [-0.39, 0.29) is 10.8 Å². The van der Waals surface area contributed by atoms with Gasteiger partial charge in [-0.3, -0.25) is 0 Å². The van der Waals surface area contributed by atoms with E-state index in [0.717, 1.165) is 37.9 Å². The van der Waals surface area contributed by atoms with Gasteiger partial charge in [-0.05, 0) is 165 Å². The lowest BCUT2D eigenvalue weighted by atomic mass is 9.32. The minimum Gasteiger partial charge on any atom is -0.478 e. The molecule has 1 aliphatic heterocycles. The van der Waals surface area contributed by atoms with E-state index in [9.17, 15) is 18.3 Å². The van der Waals surface area contributed by atoms with Gasteiger partial charge in [0.05, 0.1) is 17.1 Å². The molecule has 0 aromatic heterocycles. The summed E-state index contributed by atoms with van der Waals surface area (Å²) in [6.45, 7) is 24.5. The summed E-state index contributed by atoms with van der Waals surface area (Å²) in [6.07, 6.45) is 15.5. The van der Waals surface area contributed by atoms with Crippen LogP contribution >= 0.6 is 0 Å². The van der Waals surface area contributed by atoms with Gasteiger partial charge in [-0.25, -0.2) is 13.2 Å². The first-order valence-corrected chi connectivity index (χ1v) is 22.5. The third-order valence-corrected chi connectivity index (χ3v) is 19.1. The molecule has 6 nitrogen and oxygen atoms in total. The normalized spacial score (nSPS) is 40.9. The molecule has 0 spiro atoms. The van der Waals surface area contributed by atoms with Gasteiger partial charge in [0.1, 0.15) is 0 Å². The highest BCUT2D eigenvalue weighted by Crippen LogP contribution is 2.78. The zero-order valence-electron chi connectivity index (χ0n) is 33.5. The summed E-state index contributed by atoms with van der Waals surface area (Å²) < 4.78 is 23.9. The first kappa shape index (κ1) is 38.3. The lowest BCUT2D eigenvalue weighted by Crippen LogP contribution is -2.65. The van der Waals surface area contributed by atoms with Crippen molar-refractivity contribution >= 4 is 21.4 Å². The molecule has 0 amide bonds. The zero-order chi connectivity index (χ0) is 37.5. The Morgan fingerprint density at radius 1 is 0.904 bits per heavy atom. The molecule has 9 atom stereocenters. The number of carboxylic acid groups (broad SMARTS) is 1. The zero-order valence-corrected chi connectivity index (χ0v) is 34.3. The number of sulfone groups is 1. The van der Waals surface area contributed by atoms with Crippen LogP contribution in [0.1, 0.15) is 122 Å². The van der Waals surface area contributed by atoms with Gasteiger partial charge in [0.25, 0.3) is 0 Å². The van der Waals surface area contributed by atoms with Crippen LogP contribution in [0.4, 0.5) is 0 Å². The summed E-state index contributed by atoms with van der Waals surface area (Å²) in [7, 11) is -0.556. The Labute approximate surface area is 315 Å². The van der Waals surface area contributed by atoms with Crippen LogP contribution in [0.3, 0.4) is 0 Å². The largest absolute Gasteiger partial charge is 0.478 e. The molecule has 7 rings (SSSR count). The Balaban J connectivity index is 1.11. The summed E-state index contributed by atoms with van der Waals surface area (Å²) in [5.74, 6) is 3.13. The maximum absolute atomic E-state index is 11.9. The minimum atomic E-state index is -2.84. The van der Waals surface area contributed by atoms with Gasteiger partial charge < -0.3 is 14.9 Å². The average molecular weight is 733 g/mol. The predicted molar refractivity (Wildman–Crippen MR) is 213 cm³/mol. The lowest BCUT2D eigenvalue weighted by molar-refractivity contribution is -0.226. The molecule has 1 aromatic rings. The molecule has 1 saturated heterocycles. The summed E-state index contributed by atoms with van der Waals surface area (Å²) in [5.41, 5.74) is 5.64. The van der Waals surface area contributed by atoms with Gasteiger partial charge in [0.15, 0.2) is 9.84 Å². The molecular weight excluding hydrogens is 665 g/mol. The van der Waals surface area contributed by atoms with E-state index in [2.05, 4.69) is 71.0 Å². The second kappa shape index (κ2) is 13.4. The molecule has 6 aliphatic rings. The van der Waals surface area contributed by atoms with E-state index in [4.69, 9.17) is 0 Å². The van der Waals surface area contributed by atoms with Crippen LogP contribution in [-0.2, 0) is 9.84 Å². The van der Waals surface area contributed by atoms with Crippen LogP contribution in [0.25, 0.3) is 5.57 Å². The molecule has 3 unspecified atom stereocenters. The number of hydrogen-bond acceptors (Lipinski definition) is 5. The van der Waals surface area contributed by atoms with Gasteiger partial charge in [-0.2, -0.15) is 0 Å². The van der Waals surface area contributed by atoms with Gasteiger partial charge in [-0.15, -0.1) is 0 Å². The topological polar surface area (TPSA) is 77.9 Å². The monoisotopic (exact) mass is 732 g/mol. The second-order valence-corrected chi connectivity index (χ2v) is 22.3. The maximum atomic E-state index is 11.9. The van der Waals surface area contributed by atoms with Crippen molar-refractivity contribution in [2.24, 2.45) is 56.7 Å². The van der Waals surface area contributed by atoms with Crippen molar-refractivity contribution in [3.8, 4) is 0 Å². The number of carbonyl (C=O) groups is 1. The molecular formula is C45H68N2O4S. The highest BCUT2D eigenvalue weighted by atomic mass is 32.2. The number of carboxylic acids is 1. The fraction of sp³-hybridized carbons (Fsp3) is 0.756. The van der Waals surface area contributed by atoms with E-state index in [1.54, 1.807) is 12.1 Å². The fourth-order valence-corrected chi connectivity index (χ4v) is 15.7. The highest BCUT2D eigenvalue weighted by molar-refractivity contribution is 7.91. The van der Waals surface area contributed by atoms with Crippen LogP contribution in [0.5, 0.6) is 0 Å². The third-order valence-electron chi connectivity index (χ3n) is 17.5. The number of likely N-dealkylation sites (N-methyl/N-ethyl adjacent to an activating group) is 1. The molecule has 1 N–H and O–H groups in total. The van der Waals surface area contributed by atoms with Crippen LogP contribution in [0, 0.1) is 56.7 Å². The Bertz CT molecular complexity index is 1690. The number of rotatable bonds is 9. The smallest absolute Gasteiger partial charge is 0.335 e. The minimum absolute atomic E-state index is 0.0206. The van der Waals surface area contributed by atoms with E-state index >= 15 is 0 Å². The number of nitrogens with zero attached hydrogens (tertiary/aromatic N) is 2. The second-order valence-electron chi connectivity index (χ2n) is 20.0. The highest BCUT2D eigenvalue weighted by Gasteiger charge is 2.70. The van der Waals surface area contributed by atoms with Crippen LogP contribution in [-0.4, -0.2) is 80.6 Å². The van der Waals surface area contributed by atoms with Gasteiger partial charge in [0.2, 0.25) is 0 Å².